The van der Waals surface area contributed by atoms with Crippen molar-refractivity contribution in [3.8, 4) is 0 Å². The number of allylic oxidation sites excluding steroid dienone is 1. The summed E-state index contributed by atoms with van der Waals surface area (Å²) in [5.74, 6) is 1.29. The second-order valence-corrected chi connectivity index (χ2v) is 3.78. The zero-order valence-electron chi connectivity index (χ0n) is 8.69. The van der Waals surface area contributed by atoms with Crippen LogP contribution in [0.25, 0.3) is 0 Å². The fourth-order valence-electron chi connectivity index (χ4n) is 1.30. The van der Waals surface area contributed by atoms with E-state index in [9.17, 15) is 10.1 Å². The molecule has 0 aromatic rings. The maximum Gasteiger partial charge on any atom is 0.204 e. The summed E-state index contributed by atoms with van der Waals surface area (Å²) in [5, 5.41) is 10.2. The van der Waals surface area contributed by atoms with Crippen molar-refractivity contribution in [2.75, 3.05) is 6.54 Å². The molecule has 0 saturated carbocycles. The van der Waals surface area contributed by atoms with Crippen molar-refractivity contribution in [1.82, 2.24) is 0 Å². The summed E-state index contributed by atoms with van der Waals surface area (Å²) in [6.45, 7) is 10.1. The van der Waals surface area contributed by atoms with Gasteiger partial charge in [-0.2, -0.15) is 0 Å². The van der Waals surface area contributed by atoms with Crippen LogP contribution in [0.15, 0.2) is 12.7 Å². The van der Waals surface area contributed by atoms with E-state index in [-0.39, 0.29) is 11.5 Å². The molecule has 3 atom stereocenters. The zero-order valence-corrected chi connectivity index (χ0v) is 8.69. The third-order valence-corrected chi connectivity index (χ3v) is 2.87. The van der Waals surface area contributed by atoms with Crippen molar-refractivity contribution in [2.45, 2.75) is 27.2 Å². The van der Waals surface area contributed by atoms with E-state index in [0.717, 1.165) is 0 Å². The zero-order chi connectivity index (χ0) is 10.4. The highest BCUT2D eigenvalue weighted by atomic mass is 16.6. The van der Waals surface area contributed by atoms with Crippen LogP contribution in [0, 0.1) is 27.9 Å². The van der Waals surface area contributed by atoms with E-state index < -0.39 is 0 Å². The molecule has 0 saturated heterocycles. The molecule has 0 rings (SSSR count). The van der Waals surface area contributed by atoms with Crippen molar-refractivity contribution in [1.29, 1.82) is 0 Å². The van der Waals surface area contributed by atoms with Gasteiger partial charge in [0.15, 0.2) is 0 Å². The fraction of sp³-hybridized carbons (Fsp3) is 0.800. The van der Waals surface area contributed by atoms with Crippen LogP contribution in [0.2, 0.25) is 0 Å². The van der Waals surface area contributed by atoms with Crippen LogP contribution in [-0.4, -0.2) is 11.5 Å². The number of hydrogen-bond donors (Lipinski definition) is 0. The first-order valence-electron chi connectivity index (χ1n) is 4.73. The highest BCUT2D eigenvalue weighted by Crippen LogP contribution is 2.23. The number of hydrogen-bond acceptors (Lipinski definition) is 2. The Morgan fingerprint density at radius 1 is 1.46 bits per heavy atom. The molecule has 76 valence electrons. The predicted octanol–water partition coefficient (Wildman–Crippen LogP) is 2.75. The van der Waals surface area contributed by atoms with Crippen LogP contribution in [0.1, 0.15) is 27.2 Å². The van der Waals surface area contributed by atoms with E-state index in [1.54, 1.807) is 0 Å². The molecule has 0 aromatic carbocycles. The molecular formula is C10H19NO2. The normalized spacial score (nSPS) is 17.5. The molecule has 0 bridgehead atoms. The third-order valence-electron chi connectivity index (χ3n) is 2.87. The summed E-state index contributed by atoms with van der Waals surface area (Å²) < 4.78 is 0. The first-order valence-corrected chi connectivity index (χ1v) is 4.73. The van der Waals surface area contributed by atoms with Gasteiger partial charge in [-0.25, -0.2) is 0 Å². The maximum absolute atomic E-state index is 10.2. The summed E-state index contributed by atoms with van der Waals surface area (Å²) in [6.07, 6.45) is 2.57. The van der Waals surface area contributed by atoms with Gasteiger partial charge in [-0.05, 0) is 17.8 Å². The van der Waals surface area contributed by atoms with Gasteiger partial charge >= 0.3 is 0 Å². The van der Waals surface area contributed by atoms with Gasteiger partial charge in [-0.15, -0.1) is 6.58 Å². The van der Waals surface area contributed by atoms with Gasteiger partial charge < -0.3 is 0 Å². The van der Waals surface area contributed by atoms with Crippen LogP contribution < -0.4 is 0 Å². The molecule has 0 amide bonds. The van der Waals surface area contributed by atoms with Gasteiger partial charge in [0.2, 0.25) is 6.54 Å². The summed E-state index contributed by atoms with van der Waals surface area (Å²) in [6, 6.07) is 0. The minimum atomic E-state index is -0.248. The molecule has 0 aliphatic carbocycles. The molecule has 3 nitrogen and oxygen atoms in total. The van der Waals surface area contributed by atoms with Gasteiger partial charge in [-0.3, -0.25) is 10.1 Å². The number of nitrogens with zero attached hydrogens (tertiary/aromatic N) is 1. The van der Waals surface area contributed by atoms with E-state index in [1.165, 1.54) is 0 Å². The van der Waals surface area contributed by atoms with Gasteiger partial charge in [-0.1, -0.05) is 26.8 Å². The summed E-state index contributed by atoms with van der Waals surface area (Å²) in [5.41, 5.74) is 0. The molecule has 0 spiro atoms. The SMILES string of the molecule is C=C[C@@H](C)[C@@H](C)C(C)CC[N+](=O)[O-]. The van der Waals surface area contributed by atoms with Crippen LogP contribution in [0.3, 0.4) is 0 Å². The van der Waals surface area contributed by atoms with Crippen LogP contribution in [0.4, 0.5) is 0 Å². The first-order chi connectivity index (χ1) is 5.99. The van der Waals surface area contributed by atoms with Crippen molar-refractivity contribution < 1.29 is 4.92 Å². The van der Waals surface area contributed by atoms with Crippen molar-refractivity contribution in [3.05, 3.63) is 22.8 Å². The third kappa shape index (κ3) is 4.65. The van der Waals surface area contributed by atoms with Gasteiger partial charge in [0.25, 0.3) is 0 Å². The largest absolute Gasteiger partial charge is 0.265 e. The Morgan fingerprint density at radius 3 is 2.38 bits per heavy atom. The molecule has 0 fully saturated rings. The maximum atomic E-state index is 10.2. The minimum Gasteiger partial charge on any atom is -0.265 e. The van der Waals surface area contributed by atoms with Gasteiger partial charge in [0.05, 0.1) is 0 Å². The molecule has 3 heteroatoms. The van der Waals surface area contributed by atoms with Crippen LogP contribution in [-0.2, 0) is 0 Å². The quantitative estimate of drug-likeness (QED) is 0.363. The van der Waals surface area contributed by atoms with Crippen molar-refractivity contribution in [3.63, 3.8) is 0 Å². The Kier molecular flexibility index (Phi) is 5.35. The minimum absolute atomic E-state index is 0.0787. The molecule has 0 radical (unpaired) electrons. The molecule has 0 aromatic heterocycles. The Labute approximate surface area is 80.0 Å². The first kappa shape index (κ1) is 12.1. The molecule has 0 heterocycles. The molecule has 1 unspecified atom stereocenters. The smallest absolute Gasteiger partial charge is 0.204 e. The molecular weight excluding hydrogens is 166 g/mol. The average Bonchev–Trinajstić information content (AvgIpc) is 2.11. The Balaban J connectivity index is 3.87. The lowest BCUT2D eigenvalue weighted by Crippen LogP contribution is -2.18. The highest BCUT2D eigenvalue weighted by Gasteiger charge is 2.18. The molecule has 0 aliphatic heterocycles. The number of nitro groups is 1. The lowest BCUT2D eigenvalue weighted by atomic mass is 9.83. The summed E-state index contributed by atoms with van der Waals surface area (Å²) in [7, 11) is 0. The summed E-state index contributed by atoms with van der Waals surface area (Å²) in [4.78, 5) is 9.90. The molecule has 0 aliphatic rings. The fourth-order valence-corrected chi connectivity index (χ4v) is 1.30. The lowest BCUT2D eigenvalue weighted by Gasteiger charge is -2.22. The van der Waals surface area contributed by atoms with Crippen LogP contribution in [0.5, 0.6) is 0 Å². The van der Waals surface area contributed by atoms with E-state index in [0.29, 0.717) is 24.2 Å². The standard InChI is InChI=1S/C10H19NO2/c1-5-8(2)10(4)9(3)6-7-11(12)13/h5,8-10H,1,6-7H2,2-4H3/t8-,9?,10-/m1/s1. The topological polar surface area (TPSA) is 43.1 Å². The Hall–Kier alpha value is -0.860. The average molecular weight is 185 g/mol. The molecule has 13 heavy (non-hydrogen) atoms. The monoisotopic (exact) mass is 185 g/mol. The van der Waals surface area contributed by atoms with Crippen LogP contribution >= 0.6 is 0 Å². The second-order valence-electron chi connectivity index (χ2n) is 3.78. The van der Waals surface area contributed by atoms with E-state index in [2.05, 4.69) is 27.4 Å². The van der Waals surface area contributed by atoms with E-state index in [4.69, 9.17) is 0 Å². The lowest BCUT2D eigenvalue weighted by molar-refractivity contribution is -0.481. The van der Waals surface area contributed by atoms with Crippen molar-refractivity contribution in [2.24, 2.45) is 17.8 Å². The predicted molar refractivity (Wildman–Crippen MR) is 54.2 cm³/mol. The summed E-state index contributed by atoms with van der Waals surface area (Å²) >= 11 is 0. The Bertz CT molecular complexity index is 180. The van der Waals surface area contributed by atoms with Crippen molar-refractivity contribution >= 4 is 0 Å². The van der Waals surface area contributed by atoms with E-state index >= 15 is 0 Å². The highest BCUT2D eigenvalue weighted by molar-refractivity contribution is 4.81. The van der Waals surface area contributed by atoms with E-state index in [1.807, 2.05) is 6.08 Å². The van der Waals surface area contributed by atoms with Gasteiger partial charge in [0, 0.05) is 11.3 Å². The molecule has 0 N–H and O–H groups in total. The van der Waals surface area contributed by atoms with Gasteiger partial charge in [0.1, 0.15) is 0 Å². The number of rotatable bonds is 6. The second kappa shape index (κ2) is 5.73. The Morgan fingerprint density at radius 2 is 2.00 bits per heavy atom.